The molecule has 0 fully saturated rings. The van der Waals surface area contributed by atoms with Gasteiger partial charge >= 0.3 is 0 Å². The summed E-state index contributed by atoms with van der Waals surface area (Å²) in [7, 11) is 0. The van der Waals surface area contributed by atoms with Gasteiger partial charge in [0, 0.05) is 37.6 Å². The lowest BCUT2D eigenvalue weighted by molar-refractivity contribution is 0.565. The van der Waals surface area contributed by atoms with E-state index >= 15 is 0 Å². The van der Waals surface area contributed by atoms with Crippen LogP contribution in [0.25, 0.3) is 0 Å². The van der Waals surface area contributed by atoms with Gasteiger partial charge in [0.1, 0.15) is 0 Å². The molecule has 1 heterocycles. The average molecular weight is 238 g/mol. The summed E-state index contributed by atoms with van der Waals surface area (Å²) in [5.74, 6) is 0.488. The molecule has 0 aliphatic heterocycles. The van der Waals surface area contributed by atoms with E-state index in [9.17, 15) is 4.79 Å². The van der Waals surface area contributed by atoms with Gasteiger partial charge in [0.05, 0.1) is 0 Å². The van der Waals surface area contributed by atoms with E-state index in [-0.39, 0.29) is 17.6 Å². The second kappa shape index (κ2) is 5.82. The number of nitrogens with two attached hydrogens (primary N) is 1. The molecule has 5 nitrogen and oxygen atoms in total. The summed E-state index contributed by atoms with van der Waals surface area (Å²) >= 11 is 0. The Morgan fingerprint density at radius 2 is 2.06 bits per heavy atom. The van der Waals surface area contributed by atoms with Crippen LogP contribution in [-0.2, 0) is 0 Å². The monoisotopic (exact) mass is 238 g/mol. The van der Waals surface area contributed by atoms with Gasteiger partial charge in [-0.15, -0.1) is 0 Å². The molecule has 1 aromatic heterocycles. The van der Waals surface area contributed by atoms with E-state index in [0.717, 1.165) is 0 Å². The molecule has 0 aliphatic carbocycles. The van der Waals surface area contributed by atoms with Gasteiger partial charge in [-0.05, 0) is 27.7 Å². The SMILES string of the molecule is CC(C)N(CCN)c1nccn(C(C)C)c1=O. The number of hydrogen-bond donors (Lipinski definition) is 1. The summed E-state index contributed by atoms with van der Waals surface area (Å²) in [6, 6.07) is 0.345. The Hall–Kier alpha value is -1.36. The van der Waals surface area contributed by atoms with Crippen LogP contribution in [-0.4, -0.2) is 28.7 Å². The Balaban J connectivity index is 3.20. The van der Waals surface area contributed by atoms with Gasteiger partial charge in [0.25, 0.3) is 5.56 Å². The van der Waals surface area contributed by atoms with E-state index in [4.69, 9.17) is 5.73 Å². The second-order valence-electron chi connectivity index (χ2n) is 4.63. The molecule has 2 N–H and O–H groups in total. The van der Waals surface area contributed by atoms with Crippen molar-refractivity contribution in [2.24, 2.45) is 5.73 Å². The van der Waals surface area contributed by atoms with Crippen molar-refractivity contribution in [2.45, 2.75) is 39.8 Å². The molecule has 1 rings (SSSR count). The van der Waals surface area contributed by atoms with E-state index in [1.54, 1.807) is 17.0 Å². The Morgan fingerprint density at radius 3 is 2.53 bits per heavy atom. The van der Waals surface area contributed by atoms with Crippen molar-refractivity contribution >= 4 is 5.82 Å². The first-order valence-corrected chi connectivity index (χ1v) is 6.02. The number of hydrogen-bond acceptors (Lipinski definition) is 4. The highest BCUT2D eigenvalue weighted by molar-refractivity contribution is 5.36. The van der Waals surface area contributed by atoms with Crippen molar-refractivity contribution in [3.63, 3.8) is 0 Å². The lowest BCUT2D eigenvalue weighted by Crippen LogP contribution is -2.41. The van der Waals surface area contributed by atoms with Gasteiger partial charge in [-0.2, -0.15) is 0 Å². The van der Waals surface area contributed by atoms with E-state index in [1.807, 2.05) is 32.6 Å². The zero-order valence-corrected chi connectivity index (χ0v) is 11.1. The molecule has 17 heavy (non-hydrogen) atoms. The molecule has 0 aromatic carbocycles. The molecule has 0 bridgehead atoms. The van der Waals surface area contributed by atoms with Gasteiger partial charge in [0.15, 0.2) is 5.82 Å². The molecule has 0 spiro atoms. The highest BCUT2D eigenvalue weighted by atomic mass is 16.1. The fraction of sp³-hybridized carbons (Fsp3) is 0.667. The van der Waals surface area contributed by atoms with E-state index in [1.165, 1.54) is 0 Å². The molecule has 0 saturated carbocycles. The van der Waals surface area contributed by atoms with Gasteiger partial charge in [-0.25, -0.2) is 4.98 Å². The zero-order valence-electron chi connectivity index (χ0n) is 11.1. The van der Waals surface area contributed by atoms with Crippen LogP contribution in [0.3, 0.4) is 0 Å². The molecule has 1 aromatic rings. The number of nitrogens with zero attached hydrogens (tertiary/aromatic N) is 3. The van der Waals surface area contributed by atoms with Crippen molar-refractivity contribution in [1.82, 2.24) is 9.55 Å². The van der Waals surface area contributed by atoms with E-state index in [0.29, 0.717) is 18.9 Å². The van der Waals surface area contributed by atoms with Crippen molar-refractivity contribution in [2.75, 3.05) is 18.0 Å². The second-order valence-corrected chi connectivity index (χ2v) is 4.63. The largest absolute Gasteiger partial charge is 0.348 e. The predicted molar refractivity (Wildman–Crippen MR) is 70.4 cm³/mol. The Bertz CT molecular complexity index is 411. The van der Waals surface area contributed by atoms with Crippen molar-refractivity contribution in [3.8, 4) is 0 Å². The minimum Gasteiger partial charge on any atom is -0.348 e. The van der Waals surface area contributed by atoms with E-state index in [2.05, 4.69) is 4.98 Å². The molecule has 0 radical (unpaired) electrons. The molecule has 5 heteroatoms. The minimum absolute atomic E-state index is 0.0512. The quantitative estimate of drug-likeness (QED) is 0.831. The average Bonchev–Trinajstić information content (AvgIpc) is 2.26. The van der Waals surface area contributed by atoms with Crippen molar-refractivity contribution in [1.29, 1.82) is 0 Å². The molecular weight excluding hydrogens is 216 g/mol. The molecule has 96 valence electrons. The summed E-state index contributed by atoms with van der Waals surface area (Å²) in [6.45, 7) is 9.17. The topological polar surface area (TPSA) is 64.2 Å². The van der Waals surface area contributed by atoms with Crippen molar-refractivity contribution in [3.05, 3.63) is 22.7 Å². The number of rotatable bonds is 5. The molecule has 0 atom stereocenters. The van der Waals surface area contributed by atoms with Crippen LogP contribution in [0.1, 0.15) is 33.7 Å². The fourth-order valence-corrected chi connectivity index (χ4v) is 1.77. The first-order valence-electron chi connectivity index (χ1n) is 6.02. The van der Waals surface area contributed by atoms with Crippen LogP contribution in [0.5, 0.6) is 0 Å². The lowest BCUT2D eigenvalue weighted by Gasteiger charge is -2.27. The first kappa shape index (κ1) is 13.7. The number of aromatic nitrogens is 2. The molecular formula is C12H22N4O. The Labute approximate surface area is 102 Å². The Morgan fingerprint density at radius 1 is 1.41 bits per heavy atom. The maximum Gasteiger partial charge on any atom is 0.293 e. The molecule has 0 aliphatic rings. The third-order valence-electron chi connectivity index (χ3n) is 2.67. The van der Waals surface area contributed by atoms with Crippen LogP contribution < -0.4 is 16.2 Å². The van der Waals surface area contributed by atoms with Crippen LogP contribution in [0.15, 0.2) is 17.2 Å². The van der Waals surface area contributed by atoms with Gasteiger partial charge < -0.3 is 15.2 Å². The normalized spacial score (nSPS) is 11.2. The molecule has 0 amide bonds. The van der Waals surface area contributed by atoms with Crippen LogP contribution in [0.4, 0.5) is 5.82 Å². The third-order valence-corrected chi connectivity index (χ3v) is 2.67. The molecule has 0 unspecified atom stereocenters. The number of anilines is 1. The third kappa shape index (κ3) is 3.06. The fourth-order valence-electron chi connectivity index (χ4n) is 1.77. The maximum atomic E-state index is 12.2. The summed E-state index contributed by atoms with van der Waals surface area (Å²) in [5, 5.41) is 0. The van der Waals surface area contributed by atoms with Gasteiger partial charge in [0.2, 0.25) is 0 Å². The highest BCUT2D eigenvalue weighted by Crippen LogP contribution is 2.09. The highest BCUT2D eigenvalue weighted by Gasteiger charge is 2.16. The van der Waals surface area contributed by atoms with Gasteiger partial charge in [-0.1, -0.05) is 0 Å². The standard InChI is InChI=1S/C12H22N4O/c1-9(2)15(7-5-13)11-12(17)16(10(3)4)8-6-14-11/h6,8-10H,5,7,13H2,1-4H3. The van der Waals surface area contributed by atoms with Gasteiger partial charge in [-0.3, -0.25) is 4.79 Å². The zero-order chi connectivity index (χ0) is 13.0. The van der Waals surface area contributed by atoms with Crippen LogP contribution >= 0.6 is 0 Å². The first-order chi connectivity index (χ1) is 7.99. The Kier molecular flexibility index (Phi) is 4.69. The van der Waals surface area contributed by atoms with Crippen LogP contribution in [0.2, 0.25) is 0 Å². The smallest absolute Gasteiger partial charge is 0.293 e. The summed E-state index contributed by atoms with van der Waals surface area (Å²) in [5.41, 5.74) is 5.52. The van der Waals surface area contributed by atoms with Crippen molar-refractivity contribution < 1.29 is 0 Å². The maximum absolute atomic E-state index is 12.2. The van der Waals surface area contributed by atoms with Crippen LogP contribution in [0, 0.1) is 0 Å². The summed E-state index contributed by atoms with van der Waals surface area (Å²) in [4.78, 5) is 18.4. The lowest BCUT2D eigenvalue weighted by atomic mass is 10.3. The molecule has 0 saturated heterocycles. The summed E-state index contributed by atoms with van der Waals surface area (Å²) < 4.78 is 1.69. The minimum atomic E-state index is -0.0512. The predicted octanol–water partition coefficient (Wildman–Crippen LogP) is 0.998. The van der Waals surface area contributed by atoms with E-state index < -0.39 is 0 Å². The summed E-state index contributed by atoms with van der Waals surface area (Å²) in [6.07, 6.45) is 3.39.